The lowest BCUT2D eigenvalue weighted by molar-refractivity contribution is 0.197. The number of hydrogen-bond donors (Lipinski definition) is 1. The van der Waals surface area contributed by atoms with Crippen LogP contribution >= 0.6 is 15.9 Å². The predicted octanol–water partition coefficient (Wildman–Crippen LogP) is 2.78. The van der Waals surface area contributed by atoms with E-state index < -0.39 is 0 Å². The third-order valence-electron chi connectivity index (χ3n) is 3.43. The fourth-order valence-electron chi connectivity index (χ4n) is 2.18. The molecule has 4 nitrogen and oxygen atoms in total. The largest absolute Gasteiger partial charge is 0.383 e. The van der Waals surface area contributed by atoms with Gasteiger partial charge in [-0.2, -0.15) is 5.10 Å². The van der Waals surface area contributed by atoms with Crippen molar-refractivity contribution in [1.29, 1.82) is 0 Å². The highest BCUT2D eigenvalue weighted by Gasteiger charge is 2.16. The first kappa shape index (κ1) is 16.7. The summed E-state index contributed by atoms with van der Waals surface area (Å²) in [6.07, 6.45) is 2.23. The minimum absolute atomic E-state index is 0.634. The molecule has 0 saturated heterocycles. The number of ether oxygens (including phenoxy) is 1. The van der Waals surface area contributed by atoms with Gasteiger partial charge in [0.25, 0.3) is 0 Å². The molecular weight excluding hydrogens is 306 g/mol. The summed E-state index contributed by atoms with van der Waals surface area (Å²) in [5.74, 6) is 0.634. The molecule has 0 fully saturated rings. The van der Waals surface area contributed by atoms with Gasteiger partial charge in [0.15, 0.2) is 0 Å². The summed E-state index contributed by atoms with van der Waals surface area (Å²) >= 11 is 3.67. The van der Waals surface area contributed by atoms with E-state index in [2.05, 4.69) is 51.8 Å². The summed E-state index contributed by atoms with van der Waals surface area (Å²) in [5, 5.41) is 8.01. The van der Waals surface area contributed by atoms with Crippen molar-refractivity contribution in [2.45, 2.75) is 40.2 Å². The van der Waals surface area contributed by atoms with Gasteiger partial charge in [-0.1, -0.05) is 13.3 Å². The molecule has 1 N–H and O–H groups in total. The highest BCUT2D eigenvalue weighted by molar-refractivity contribution is 9.10. The van der Waals surface area contributed by atoms with E-state index in [1.165, 1.54) is 16.6 Å². The molecule has 1 aromatic rings. The lowest BCUT2D eigenvalue weighted by Gasteiger charge is -2.16. The molecule has 0 amide bonds. The number of rotatable bonds is 9. The van der Waals surface area contributed by atoms with Crippen LogP contribution in [0.15, 0.2) is 4.47 Å². The zero-order valence-electron chi connectivity index (χ0n) is 12.5. The fraction of sp³-hybridized carbons (Fsp3) is 0.786. The van der Waals surface area contributed by atoms with E-state index in [9.17, 15) is 0 Å². The molecular formula is C14H26BrN3O. The van der Waals surface area contributed by atoms with Gasteiger partial charge in [0.05, 0.1) is 22.5 Å². The van der Waals surface area contributed by atoms with Crippen molar-refractivity contribution < 1.29 is 4.74 Å². The molecule has 0 saturated carbocycles. The second-order valence-electron chi connectivity index (χ2n) is 4.84. The van der Waals surface area contributed by atoms with Crippen LogP contribution in [0.1, 0.15) is 31.7 Å². The quantitative estimate of drug-likeness (QED) is 0.707. The van der Waals surface area contributed by atoms with Gasteiger partial charge in [-0.05, 0) is 48.7 Å². The molecule has 0 spiro atoms. The summed E-state index contributed by atoms with van der Waals surface area (Å²) in [5.41, 5.74) is 2.40. The first-order chi connectivity index (χ1) is 9.13. The van der Waals surface area contributed by atoms with E-state index >= 15 is 0 Å². The Bertz CT molecular complexity index is 379. The molecule has 0 aliphatic rings. The van der Waals surface area contributed by atoms with Crippen LogP contribution < -0.4 is 5.32 Å². The molecule has 0 aliphatic heterocycles. The molecule has 19 heavy (non-hydrogen) atoms. The maximum atomic E-state index is 5.05. The second-order valence-corrected chi connectivity index (χ2v) is 5.63. The van der Waals surface area contributed by atoms with E-state index in [0.717, 1.165) is 38.4 Å². The normalized spacial score (nSPS) is 12.9. The van der Waals surface area contributed by atoms with Crippen molar-refractivity contribution in [2.75, 3.05) is 26.8 Å². The van der Waals surface area contributed by atoms with Crippen LogP contribution in [-0.4, -0.2) is 36.6 Å². The number of nitrogens with one attached hydrogen (secondary N) is 1. The Labute approximate surface area is 125 Å². The molecule has 1 unspecified atom stereocenters. The average molecular weight is 332 g/mol. The van der Waals surface area contributed by atoms with Crippen LogP contribution in [0, 0.1) is 12.8 Å². The Morgan fingerprint density at radius 1 is 1.42 bits per heavy atom. The van der Waals surface area contributed by atoms with Crippen LogP contribution in [0.5, 0.6) is 0 Å². The second kappa shape index (κ2) is 8.72. The van der Waals surface area contributed by atoms with E-state index in [1.54, 1.807) is 7.11 Å². The number of methoxy groups -OCH3 is 1. The Balaban J connectivity index is 2.59. The number of halogens is 1. The van der Waals surface area contributed by atoms with Gasteiger partial charge < -0.3 is 10.1 Å². The van der Waals surface area contributed by atoms with Gasteiger partial charge in [0, 0.05) is 20.2 Å². The van der Waals surface area contributed by atoms with Crippen LogP contribution in [0.25, 0.3) is 0 Å². The van der Waals surface area contributed by atoms with E-state index in [-0.39, 0.29) is 0 Å². The maximum absolute atomic E-state index is 5.05. The number of nitrogens with zero attached hydrogens (tertiary/aromatic N) is 2. The first-order valence-corrected chi connectivity index (χ1v) is 7.84. The van der Waals surface area contributed by atoms with Gasteiger partial charge in [0.2, 0.25) is 0 Å². The number of aromatic nitrogens is 2. The molecule has 1 aromatic heterocycles. The third-order valence-corrected chi connectivity index (χ3v) is 4.46. The minimum atomic E-state index is 0.634. The lowest BCUT2D eigenvalue weighted by Crippen LogP contribution is -2.27. The van der Waals surface area contributed by atoms with Crippen molar-refractivity contribution in [3.63, 3.8) is 0 Å². The van der Waals surface area contributed by atoms with Gasteiger partial charge in [-0.3, -0.25) is 4.68 Å². The number of aryl methyl sites for hydroxylation is 2. The molecule has 0 radical (unpaired) electrons. The van der Waals surface area contributed by atoms with Crippen molar-refractivity contribution >= 4 is 15.9 Å². The number of hydrogen-bond acceptors (Lipinski definition) is 3. The molecule has 0 aliphatic carbocycles. The molecule has 0 bridgehead atoms. The highest BCUT2D eigenvalue weighted by Crippen LogP contribution is 2.24. The molecule has 1 atom stereocenters. The van der Waals surface area contributed by atoms with Crippen molar-refractivity contribution in [3.8, 4) is 0 Å². The Morgan fingerprint density at radius 3 is 2.74 bits per heavy atom. The lowest BCUT2D eigenvalue weighted by atomic mass is 10.00. The van der Waals surface area contributed by atoms with Gasteiger partial charge in [0.1, 0.15) is 0 Å². The predicted molar refractivity (Wildman–Crippen MR) is 82.6 cm³/mol. The summed E-state index contributed by atoms with van der Waals surface area (Å²) < 4.78 is 8.33. The molecule has 0 aromatic carbocycles. The van der Waals surface area contributed by atoms with Gasteiger partial charge in [-0.15, -0.1) is 0 Å². The average Bonchev–Trinajstić information content (AvgIpc) is 2.69. The summed E-state index contributed by atoms with van der Waals surface area (Å²) in [4.78, 5) is 0. The summed E-state index contributed by atoms with van der Waals surface area (Å²) in [7, 11) is 1.73. The van der Waals surface area contributed by atoms with E-state index in [1.807, 2.05) is 0 Å². The van der Waals surface area contributed by atoms with Crippen molar-refractivity contribution in [2.24, 2.45) is 5.92 Å². The smallest absolute Gasteiger partial charge is 0.0738 e. The van der Waals surface area contributed by atoms with Crippen LogP contribution in [0.3, 0.4) is 0 Å². The standard InChI is InChI=1S/C14H26BrN3O/c1-5-12(10-16-7-8-19-4)9-13-14(15)11(3)17-18(13)6-2/h12,16H,5-10H2,1-4H3. The monoisotopic (exact) mass is 331 g/mol. The van der Waals surface area contributed by atoms with E-state index in [0.29, 0.717) is 5.92 Å². The van der Waals surface area contributed by atoms with Crippen molar-refractivity contribution in [3.05, 3.63) is 15.9 Å². The third kappa shape index (κ3) is 4.89. The SMILES string of the molecule is CCC(CNCCOC)Cc1c(Br)c(C)nn1CC. The minimum Gasteiger partial charge on any atom is -0.383 e. The Kier molecular flexibility index (Phi) is 7.64. The van der Waals surface area contributed by atoms with Crippen LogP contribution in [0.4, 0.5) is 0 Å². The molecule has 1 heterocycles. The topological polar surface area (TPSA) is 39.1 Å². The zero-order valence-corrected chi connectivity index (χ0v) is 14.1. The summed E-state index contributed by atoms with van der Waals surface area (Å²) in [6, 6.07) is 0. The highest BCUT2D eigenvalue weighted by atomic mass is 79.9. The van der Waals surface area contributed by atoms with Crippen LogP contribution in [-0.2, 0) is 17.7 Å². The maximum Gasteiger partial charge on any atom is 0.0738 e. The van der Waals surface area contributed by atoms with E-state index in [4.69, 9.17) is 4.74 Å². The van der Waals surface area contributed by atoms with Crippen LogP contribution in [0.2, 0.25) is 0 Å². The summed E-state index contributed by atoms with van der Waals surface area (Å²) in [6.45, 7) is 10.1. The molecule has 5 heteroatoms. The first-order valence-electron chi connectivity index (χ1n) is 7.05. The van der Waals surface area contributed by atoms with Gasteiger partial charge in [-0.25, -0.2) is 0 Å². The molecule has 1 rings (SSSR count). The Morgan fingerprint density at radius 2 is 2.16 bits per heavy atom. The van der Waals surface area contributed by atoms with Crippen molar-refractivity contribution in [1.82, 2.24) is 15.1 Å². The molecule has 110 valence electrons. The van der Waals surface area contributed by atoms with Gasteiger partial charge >= 0.3 is 0 Å². The Hall–Kier alpha value is -0.390. The zero-order chi connectivity index (χ0) is 14.3. The fourth-order valence-corrected chi connectivity index (χ4v) is 2.62.